The SMILES string of the molecule is COC(=O)c1ccc(CNC(=O)C2(c3ccc(C(C)(C)C)cc3)CC2)cc1. The van der Waals surface area contributed by atoms with Crippen LogP contribution in [0.25, 0.3) is 0 Å². The van der Waals surface area contributed by atoms with E-state index >= 15 is 0 Å². The molecule has 2 aromatic carbocycles. The van der Waals surface area contributed by atoms with E-state index in [1.807, 2.05) is 12.1 Å². The Kier molecular flexibility index (Phi) is 5.09. The number of esters is 1. The van der Waals surface area contributed by atoms with E-state index < -0.39 is 0 Å². The second kappa shape index (κ2) is 7.18. The molecule has 0 unspecified atom stereocenters. The highest BCUT2D eigenvalue weighted by Crippen LogP contribution is 2.48. The number of rotatable bonds is 5. The molecule has 3 rings (SSSR count). The molecule has 1 N–H and O–H groups in total. The number of carbonyl (C=O) groups is 2. The van der Waals surface area contributed by atoms with Gasteiger partial charge in [0.05, 0.1) is 18.1 Å². The molecule has 0 atom stereocenters. The van der Waals surface area contributed by atoms with Crippen molar-refractivity contribution in [3.05, 3.63) is 70.8 Å². The molecular formula is C23H27NO3. The summed E-state index contributed by atoms with van der Waals surface area (Å²) < 4.78 is 4.70. The summed E-state index contributed by atoms with van der Waals surface area (Å²) in [7, 11) is 1.36. The maximum Gasteiger partial charge on any atom is 0.337 e. The van der Waals surface area contributed by atoms with E-state index in [1.165, 1.54) is 12.7 Å². The second-order valence-corrected chi connectivity index (χ2v) is 8.28. The van der Waals surface area contributed by atoms with Crippen LogP contribution in [-0.4, -0.2) is 19.0 Å². The van der Waals surface area contributed by atoms with Gasteiger partial charge in [0.15, 0.2) is 0 Å². The zero-order valence-electron chi connectivity index (χ0n) is 16.5. The molecule has 4 nitrogen and oxygen atoms in total. The predicted octanol–water partition coefficient (Wildman–Crippen LogP) is 4.12. The summed E-state index contributed by atoms with van der Waals surface area (Å²) in [6.45, 7) is 7.01. The van der Waals surface area contributed by atoms with E-state index in [9.17, 15) is 9.59 Å². The number of hydrogen-bond acceptors (Lipinski definition) is 3. The summed E-state index contributed by atoms with van der Waals surface area (Å²) in [6.07, 6.45) is 1.77. The molecule has 0 bridgehead atoms. The normalized spacial score (nSPS) is 15.1. The van der Waals surface area contributed by atoms with Gasteiger partial charge in [0.1, 0.15) is 0 Å². The van der Waals surface area contributed by atoms with Gasteiger partial charge in [-0.2, -0.15) is 0 Å². The van der Waals surface area contributed by atoms with Crippen LogP contribution in [0.2, 0.25) is 0 Å². The van der Waals surface area contributed by atoms with Crippen LogP contribution in [0.4, 0.5) is 0 Å². The standard InChI is InChI=1S/C23H27NO3/c1-22(2,3)18-9-11-19(12-10-18)23(13-14-23)21(26)24-15-16-5-7-17(8-6-16)20(25)27-4/h5-12H,13-15H2,1-4H3,(H,24,26). The fourth-order valence-corrected chi connectivity index (χ4v) is 3.29. The van der Waals surface area contributed by atoms with Crippen molar-refractivity contribution in [3.63, 3.8) is 0 Å². The summed E-state index contributed by atoms with van der Waals surface area (Å²) >= 11 is 0. The number of nitrogens with one attached hydrogen (secondary N) is 1. The third-order valence-corrected chi connectivity index (χ3v) is 5.32. The highest BCUT2D eigenvalue weighted by molar-refractivity contribution is 5.91. The number of benzene rings is 2. The molecule has 0 saturated heterocycles. The van der Waals surface area contributed by atoms with Gasteiger partial charge in [-0.05, 0) is 47.1 Å². The summed E-state index contributed by atoms with van der Waals surface area (Å²) in [4.78, 5) is 24.3. The average molecular weight is 365 g/mol. The summed E-state index contributed by atoms with van der Waals surface area (Å²) in [6, 6.07) is 15.6. The van der Waals surface area contributed by atoms with E-state index in [2.05, 4.69) is 50.4 Å². The lowest BCUT2D eigenvalue weighted by Crippen LogP contribution is -2.34. The van der Waals surface area contributed by atoms with Gasteiger partial charge in [0.25, 0.3) is 0 Å². The van der Waals surface area contributed by atoms with Crippen molar-refractivity contribution in [3.8, 4) is 0 Å². The van der Waals surface area contributed by atoms with Crippen LogP contribution in [0.5, 0.6) is 0 Å². The van der Waals surface area contributed by atoms with E-state index in [0.717, 1.165) is 24.0 Å². The molecule has 0 radical (unpaired) electrons. The predicted molar refractivity (Wildman–Crippen MR) is 106 cm³/mol. The van der Waals surface area contributed by atoms with Crippen molar-refractivity contribution >= 4 is 11.9 Å². The minimum absolute atomic E-state index is 0.0723. The molecule has 142 valence electrons. The van der Waals surface area contributed by atoms with Crippen molar-refractivity contribution in [1.29, 1.82) is 0 Å². The molecule has 0 spiro atoms. The summed E-state index contributed by atoms with van der Waals surface area (Å²) in [5, 5.41) is 3.05. The number of ether oxygens (including phenoxy) is 1. The van der Waals surface area contributed by atoms with Crippen molar-refractivity contribution < 1.29 is 14.3 Å². The fraction of sp³-hybridized carbons (Fsp3) is 0.391. The lowest BCUT2D eigenvalue weighted by Gasteiger charge is -2.21. The van der Waals surface area contributed by atoms with Crippen molar-refractivity contribution in [1.82, 2.24) is 5.32 Å². The van der Waals surface area contributed by atoms with Gasteiger partial charge in [0, 0.05) is 6.54 Å². The molecule has 0 heterocycles. The smallest absolute Gasteiger partial charge is 0.337 e. The van der Waals surface area contributed by atoms with E-state index in [1.54, 1.807) is 12.1 Å². The first-order valence-electron chi connectivity index (χ1n) is 9.33. The summed E-state index contributed by atoms with van der Waals surface area (Å²) in [5.74, 6) is -0.288. The van der Waals surface area contributed by atoms with Crippen molar-refractivity contribution in [2.24, 2.45) is 0 Å². The topological polar surface area (TPSA) is 55.4 Å². The summed E-state index contributed by atoms with van der Waals surface area (Å²) in [5.41, 5.74) is 3.54. The maximum atomic E-state index is 12.8. The molecule has 0 aromatic heterocycles. The van der Waals surface area contributed by atoms with Crippen LogP contribution < -0.4 is 5.32 Å². The first kappa shape index (κ1) is 19.2. The molecule has 1 aliphatic carbocycles. The number of hydrogen-bond donors (Lipinski definition) is 1. The molecule has 2 aromatic rings. The molecule has 1 saturated carbocycles. The number of amides is 1. The van der Waals surface area contributed by atoms with Crippen LogP contribution in [0, 0.1) is 0 Å². The van der Waals surface area contributed by atoms with Crippen LogP contribution in [0.1, 0.15) is 60.7 Å². The molecule has 1 amide bonds. The Bertz CT molecular complexity index is 825. The van der Waals surface area contributed by atoms with Crippen LogP contribution >= 0.6 is 0 Å². The molecule has 1 aliphatic rings. The van der Waals surface area contributed by atoms with Gasteiger partial charge >= 0.3 is 5.97 Å². The van der Waals surface area contributed by atoms with Crippen LogP contribution in [-0.2, 0) is 26.9 Å². The third kappa shape index (κ3) is 4.05. The van der Waals surface area contributed by atoms with E-state index in [4.69, 9.17) is 4.74 Å². The lowest BCUT2D eigenvalue weighted by atomic mass is 9.85. The Balaban J connectivity index is 1.64. The second-order valence-electron chi connectivity index (χ2n) is 8.28. The lowest BCUT2D eigenvalue weighted by molar-refractivity contribution is -0.123. The largest absolute Gasteiger partial charge is 0.465 e. The molecule has 1 fully saturated rings. The van der Waals surface area contributed by atoms with Gasteiger partial charge in [-0.15, -0.1) is 0 Å². The van der Waals surface area contributed by atoms with Gasteiger partial charge in [-0.25, -0.2) is 4.79 Å². The van der Waals surface area contributed by atoms with Crippen molar-refractivity contribution in [2.45, 2.75) is 51.0 Å². The highest BCUT2D eigenvalue weighted by atomic mass is 16.5. The van der Waals surface area contributed by atoms with E-state index in [0.29, 0.717) is 12.1 Å². The van der Waals surface area contributed by atoms with Gasteiger partial charge in [-0.3, -0.25) is 4.79 Å². The fourth-order valence-electron chi connectivity index (χ4n) is 3.29. The Morgan fingerprint density at radius 3 is 2.07 bits per heavy atom. The highest BCUT2D eigenvalue weighted by Gasteiger charge is 2.51. The van der Waals surface area contributed by atoms with Crippen molar-refractivity contribution in [2.75, 3.05) is 7.11 Å². The van der Waals surface area contributed by atoms with Gasteiger partial charge in [0.2, 0.25) is 5.91 Å². The Hall–Kier alpha value is -2.62. The molecule has 0 aliphatic heterocycles. The minimum atomic E-state index is -0.387. The van der Waals surface area contributed by atoms with Crippen LogP contribution in [0.3, 0.4) is 0 Å². The zero-order chi connectivity index (χ0) is 19.7. The Morgan fingerprint density at radius 2 is 1.59 bits per heavy atom. The first-order chi connectivity index (χ1) is 12.8. The minimum Gasteiger partial charge on any atom is -0.465 e. The monoisotopic (exact) mass is 365 g/mol. The zero-order valence-corrected chi connectivity index (χ0v) is 16.5. The molecular weight excluding hydrogens is 338 g/mol. The third-order valence-electron chi connectivity index (χ3n) is 5.32. The van der Waals surface area contributed by atoms with Gasteiger partial charge in [-0.1, -0.05) is 57.2 Å². The quantitative estimate of drug-likeness (QED) is 0.811. The average Bonchev–Trinajstić information content (AvgIpc) is 3.47. The number of carbonyl (C=O) groups excluding carboxylic acids is 2. The Morgan fingerprint density at radius 1 is 1.00 bits per heavy atom. The Labute approximate surface area is 160 Å². The number of methoxy groups -OCH3 is 1. The van der Waals surface area contributed by atoms with Gasteiger partial charge < -0.3 is 10.1 Å². The molecule has 27 heavy (non-hydrogen) atoms. The van der Waals surface area contributed by atoms with Crippen LogP contribution in [0.15, 0.2) is 48.5 Å². The first-order valence-corrected chi connectivity index (χ1v) is 9.33. The maximum absolute atomic E-state index is 12.8. The molecule has 4 heteroatoms. The van der Waals surface area contributed by atoms with E-state index in [-0.39, 0.29) is 22.7 Å².